The zero-order valence-electron chi connectivity index (χ0n) is 10.7. The van der Waals surface area contributed by atoms with Gasteiger partial charge in [0.1, 0.15) is 0 Å². The molecule has 15 heavy (non-hydrogen) atoms. The zero-order chi connectivity index (χ0) is 10.9. The summed E-state index contributed by atoms with van der Waals surface area (Å²) in [5, 5.41) is 3.54. The summed E-state index contributed by atoms with van der Waals surface area (Å²) in [6, 6.07) is 0. The Kier molecular flexibility index (Phi) is 3.39. The lowest BCUT2D eigenvalue weighted by Crippen LogP contribution is -2.36. The third-order valence-corrected chi connectivity index (χ3v) is 4.64. The molecule has 2 aliphatic rings. The Labute approximate surface area is 95.0 Å². The van der Waals surface area contributed by atoms with Crippen LogP contribution in [0.2, 0.25) is 0 Å². The maximum absolute atomic E-state index is 3.54. The Hall–Kier alpha value is -0.0400. The van der Waals surface area contributed by atoms with Crippen molar-refractivity contribution in [2.75, 3.05) is 13.1 Å². The predicted molar refractivity (Wildman–Crippen MR) is 65.9 cm³/mol. The second-order valence-corrected chi connectivity index (χ2v) is 6.67. The summed E-state index contributed by atoms with van der Waals surface area (Å²) in [5.41, 5.74) is 0.522. The molecule has 1 aliphatic carbocycles. The molecule has 1 N–H and O–H groups in total. The second-order valence-electron chi connectivity index (χ2n) is 6.67. The van der Waals surface area contributed by atoms with Gasteiger partial charge >= 0.3 is 0 Å². The fraction of sp³-hybridized carbons (Fsp3) is 1.00. The van der Waals surface area contributed by atoms with Gasteiger partial charge in [-0.25, -0.2) is 0 Å². The first-order chi connectivity index (χ1) is 7.09. The van der Waals surface area contributed by atoms with Crippen LogP contribution in [0.3, 0.4) is 0 Å². The molecule has 3 unspecified atom stereocenters. The van der Waals surface area contributed by atoms with Gasteiger partial charge in [0.05, 0.1) is 0 Å². The molecule has 1 aliphatic heterocycles. The Balaban J connectivity index is 2.05. The molecule has 1 heterocycles. The van der Waals surface area contributed by atoms with Crippen molar-refractivity contribution >= 4 is 0 Å². The first-order valence-corrected chi connectivity index (χ1v) is 6.80. The fourth-order valence-corrected chi connectivity index (χ4v) is 3.84. The van der Waals surface area contributed by atoms with E-state index in [-0.39, 0.29) is 0 Å². The van der Waals surface area contributed by atoms with E-state index in [1.54, 1.807) is 0 Å². The highest BCUT2D eigenvalue weighted by atomic mass is 14.9. The van der Waals surface area contributed by atoms with Gasteiger partial charge in [-0.2, -0.15) is 0 Å². The molecule has 3 atom stereocenters. The van der Waals surface area contributed by atoms with Gasteiger partial charge in [0.15, 0.2) is 0 Å². The van der Waals surface area contributed by atoms with Gasteiger partial charge in [-0.3, -0.25) is 0 Å². The van der Waals surface area contributed by atoms with Gasteiger partial charge in [0.2, 0.25) is 0 Å². The minimum absolute atomic E-state index is 0.522. The van der Waals surface area contributed by atoms with E-state index in [0.717, 1.165) is 17.8 Å². The average molecular weight is 209 g/mol. The lowest BCUT2D eigenvalue weighted by atomic mass is 9.62. The predicted octanol–water partition coefficient (Wildman–Crippen LogP) is 3.45. The fourth-order valence-electron chi connectivity index (χ4n) is 3.84. The van der Waals surface area contributed by atoms with E-state index in [2.05, 4.69) is 26.1 Å². The first-order valence-electron chi connectivity index (χ1n) is 6.80. The van der Waals surface area contributed by atoms with E-state index in [1.165, 1.54) is 45.2 Å². The van der Waals surface area contributed by atoms with Gasteiger partial charge in [-0.05, 0) is 55.5 Å². The van der Waals surface area contributed by atoms with Crippen molar-refractivity contribution in [2.45, 2.75) is 52.9 Å². The highest BCUT2D eigenvalue weighted by Crippen LogP contribution is 2.46. The third kappa shape index (κ3) is 2.55. The minimum Gasteiger partial charge on any atom is -0.316 e. The largest absolute Gasteiger partial charge is 0.316 e. The molecule has 1 heteroatoms. The SMILES string of the molecule is CC(C)(C)C1CCCCC1C1CCNC1. The van der Waals surface area contributed by atoms with Crippen LogP contribution in [-0.2, 0) is 0 Å². The zero-order valence-corrected chi connectivity index (χ0v) is 10.7. The molecule has 0 aromatic rings. The molecule has 1 saturated heterocycles. The van der Waals surface area contributed by atoms with Gasteiger partial charge in [-0.15, -0.1) is 0 Å². The molecule has 2 rings (SSSR count). The summed E-state index contributed by atoms with van der Waals surface area (Å²) >= 11 is 0. The molecule has 0 spiro atoms. The average Bonchev–Trinajstić information content (AvgIpc) is 2.69. The third-order valence-electron chi connectivity index (χ3n) is 4.64. The van der Waals surface area contributed by atoms with Crippen molar-refractivity contribution in [1.82, 2.24) is 5.32 Å². The molecule has 0 radical (unpaired) electrons. The number of hydrogen-bond donors (Lipinski definition) is 1. The maximum Gasteiger partial charge on any atom is -0.00173 e. The molecule has 0 amide bonds. The summed E-state index contributed by atoms with van der Waals surface area (Å²) in [4.78, 5) is 0. The standard InChI is InChI=1S/C14H27N/c1-14(2,3)13-7-5-4-6-12(13)11-8-9-15-10-11/h11-13,15H,4-10H2,1-3H3. The Morgan fingerprint density at radius 3 is 2.33 bits per heavy atom. The maximum atomic E-state index is 3.54. The van der Waals surface area contributed by atoms with Gasteiger partial charge in [0.25, 0.3) is 0 Å². The Morgan fingerprint density at radius 1 is 1.00 bits per heavy atom. The lowest BCUT2D eigenvalue weighted by Gasteiger charge is -2.43. The minimum atomic E-state index is 0.522. The molecule has 0 bridgehead atoms. The van der Waals surface area contributed by atoms with Crippen LogP contribution in [0, 0.1) is 23.2 Å². The monoisotopic (exact) mass is 209 g/mol. The summed E-state index contributed by atoms with van der Waals surface area (Å²) < 4.78 is 0. The molecule has 0 aromatic heterocycles. The first kappa shape index (κ1) is 11.4. The van der Waals surface area contributed by atoms with E-state index in [9.17, 15) is 0 Å². The van der Waals surface area contributed by atoms with Crippen molar-refractivity contribution in [1.29, 1.82) is 0 Å². The Bertz CT molecular complexity index is 198. The smallest absolute Gasteiger partial charge is 0.00173 e. The van der Waals surface area contributed by atoms with Crippen molar-refractivity contribution in [3.8, 4) is 0 Å². The second kappa shape index (κ2) is 4.45. The highest BCUT2D eigenvalue weighted by molar-refractivity contribution is 4.90. The van der Waals surface area contributed by atoms with Crippen LogP contribution < -0.4 is 5.32 Å². The summed E-state index contributed by atoms with van der Waals surface area (Å²) in [5.74, 6) is 2.96. The van der Waals surface area contributed by atoms with Crippen molar-refractivity contribution < 1.29 is 0 Å². The number of rotatable bonds is 1. The van der Waals surface area contributed by atoms with E-state index < -0.39 is 0 Å². The van der Waals surface area contributed by atoms with E-state index in [0.29, 0.717) is 5.41 Å². The summed E-state index contributed by atoms with van der Waals surface area (Å²) in [7, 11) is 0. The molecular formula is C14H27N. The van der Waals surface area contributed by atoms with Crippen LogP contribution in [0.5, 0.6) is 0 Å². The molecule has 0 aromatic carbocycles. The summed E-state index contributed by atoms with van der Waals surface area (Å²) in [6.07, 6.45) is 7.35. The van der Waals surface area contributed by atoms with Crippen LogP contribution in [0.15, 0.2) is 0 Å². The topological polar surface area (TPSA) is 12.0 Å². The van der Waals surface area contributed by atoms with Crippen molar-refractivity contribution in [2.24, 2.45) is 23.2 Å². The number of hydrogen-bond acceptors (Lipinski definition) is 1. The van der Waals surface area contributed by atoms with E-state index in [4.69, 9.17) is 0 Å². The van der Waals surface area contributed by atoms with Gasteiger partial charge < -0.3 is 5.32 Å². The van der Waals surface area contributed by atoms with Crippen LogP contribution in [0.1, 0.15) is 52.9 Å². The normalized spacial score (nSPS) is 38.2. The molecule has 1 nitrogen and oxygen atoms in total. The molecular weight excluding hydrogens is 182 g/mol. The van der Waals surface area contributed by atoms with E-state index >= 15 is 0 Å². The van der Waals surface area contributed by atoms with Crippen LogP contribution in [0.4, 0.5) is 0 Å². The molecule has 1 saturated carbocycles. The lowest BCUT2D eigenvalue weighted by molar-refractivity contribution is 0.0716. The summed E-state index contributed by atoms with van der Waals surface area (Å²) in [6.45, 7) is 9.88. The Morgan fingerprint density at radius 2 is 1.73 bits per heavy atom. The van der Waals surface area contributed by atoms with Gasteiger partial charge in [0, 0.05) is 0 Å². The highest BCUT2D eigenvalue weighted by Gasteiger charge is 2.38. The van der Waals surface area contributed by atoms with Crippen LogP contribution in [0.25, 0.3) is 0 Å². The van der Waals surface area contributed by atoms with Crippen LogP contribution >= 0.6 is 0 Å². The van der Waals surface area contributed by atoms with Crippen LogP contribution in [-0.4, -0.2) is 13.1 Å². The quantitative estimate of drug-likeness (QED) is 0.697. The van der Waals surface area contributed by atoms with Gasteiger partial charge in [-0.1, -0.05) is 33.6 Å². The van der Waals surface area contributed by atoms with E-state index in [1.807, 2.05) is 0 Å². The van der Waals surface area contributed by atoms with Crippen molar-refractivity contribution in [3.05, 3.63) is 0 Å². The molecule has 88 valence electrons. The molecule has 2 fully saturated rings. The van der Waals surface area contributed by atoms with Crippen molar-refractivity contribution in [3.63, 3.8) is 0 Å². The number of nitrogens with one attached hydrogen (secondary N) is 1.